The molecule has 0 saturated heterocycles. The fourth-order valence-electron chi connectivity index (χ4n) is 2.06. The van der Waals surface area contributed by atoms with Crippen LogP contribution in [0.1, 0.15) is 46.6 Å². The van der Waals surface area contributed by atoms with Gasteiger partial charge in [-0.25, -0.2) is 4.79 Å². The monoisotopic (exact) mass is 356 g/mol. The van der Waals surface area contributed by atoms with Crippen LogP contribution in [0, 0.1) is 0 Å². The topological polar surface area (TPSA) is 75.7 Å². The molecule has 0 aliphatic heterocycles. The van der Waals surface area contributed by atoms with Crippen LogP contribution in [0.5, 0.6) is 5.75 Å². The van der Waals surface area contributed by atoms with Gasteiger partial charge in [0.1, 0.15) is 5.75 Å². The van der Waals surface area contributed by atoms with Gasteiger partial charge in [0.2, 0.25) is 0 Å². The molecule has 1 atom stereocenters. The van der Waals surface area contributed by atoms with Gasteiger partial charge in [-0.05, 0) is 51.8 Å². The maximum Gasteiger partial charge on any atom is 0.318 e. The molecule has 0 saturated carbocycles. The fourth-order valence-corrected chi connectivity index (χ4v) is 2.52. The van der Waals surface area contributed by atoms with Crippen LogP contribution in [-0.2, 0) is 16.7 Å². The first kappa shape index (κ1) is 20.3. The summed E-state index contributed by atoms with van der Waals surface area (Å²) in [4.78, 5) is 14.3. The van der Waals surface area contributed by atoms with E-state index in [-0.39, 0.29) is 23.4 Å². The van der Waals surface area contributed by atoms with Crippen molar-refractivity contribution in [2.45, 2.75) is 59.2 Å². The van der Waals surface area contributed by atoms with Gasteiger partial charge in [0.25, 0.3) is 0 Å². The van der Waals surface area contributed by atoms with Crippen LogP contribution in [0.25, 0.3) is 0 Å². The third-order valence-electron chi connectivity index (χ3n) is 3.39. The number of nitrogens with zero attached hydrogens (tertiary/aromatic N) is 1. The molecule has 6 nitrogen and oxygen atoms in total. The first-order valence-electron chi connectivity index (χ1n) is 7.98. The Balaban J connectivity index is 2.89. The third-order valence-corrected chi connectivity index (χ3v) is 3.88. The average Bonchev–Trinajstić information content (AvgIpc) is 2.42. The molecule has 0 aliphatic rings. The molecule has 0 radical (unpaired) electrons. The summed E-state index contributed by atoms with van der Waals surface area (Å²) in [5, 5.41) is 2.98. The zero-order chi connectivity index (χ0) is 18.5. The van der Waals surface area contributed by atoms with Crippen LogP contribution in [0.15, 0.2) is 24.3 Å². The zero-order valence-electron chi connectivity index (χ0n) is 15.3. The lowest BCUT2D eigenvalue weighted by Gasteiger charge is -2.32. The average molecular weight is 356 g/mol. The number of hydrogen-bond acceptors (Lipinski definition) is 4. The van der Waals surface area contributed by atoms with E-state index in [1.165, 1.54) is 0 Å². The Kier molecular flexibility index (Phi) is 6.66. The van der Waals surface area contributed by atoms with Gasteiger partial charge in [0, 0.05) is 18.1 Å². The Morgan fingerprint density at radius 2 is 1.79 bits per heavy atom. The van der Waals surface area contributed by atoms with Crippen molar-refractivity contribution in [3.63, 3.8) is 0 Å². The smallest absolute Gasteiger partial charge is 0.318 e. The summed E-state index contributed by atoms with van der Waals surface area (Å²) in [5.41, 5.74) is 0.593. The Bertz CT molecular complexity index is 648. The van der Waals surface area contributed by atoms with E-state index in [1.807, 2.05) is 34.6 Å². The standard InChI is InChI=1S/C17H28N2O4S/c1-7-13(2)19(16(20)18-17(3,4)5)12-14-8-10-15(11-9-14)23-24(6,21)22/h8-11,13H,7,12H2,1-6H3,(H,18,20). The van der Waals surface area contributed by atoms with E-state index < -0.39 is 10.1 Å². The molecule has 1 rings (SSSR count). The van der Waals surface area contributed by atoms with Crippen molar-refractivity contribution in [1.82, 2.24) is 10.2 Å². The summed E-state index contributed by atoms with van der Waals surface area (Å²) in [6.07, 6.45) is 1.84. The van der Waals surface area contributed by atoms with E-state index in [1.54, 1.807) is 29.2 Å². The van der Waals surface area contributed by atoms with Gasteiger partial charge in [0.05, 0.1) is 6.26 Å². The van der Waals surface area contributed by atoms with Crippen molar-refractivity contribution < 1.29 is 17.4 Å². The Hall–Kier alpha value is -1.76. The highest BCUT2D eigenvalue weighted by molar-refractivity contribution is 7.86. The van der Waals surface area contributed by atoms with E-state index in [9.17, 15) is 13.2 Å². The predicted molar refractivity (Wildman–Crippen MR) is 95.5 cm³/mol. The molecule has 1 unspecified atom stereocenters. The van der Waals surface area contributed by atoms with Crippen molar-refractivity contribution >= 4 is 16.1 Å². The molecule has 0 spiro atoms. The number of nitrogens with one attached hydrogen (secondary N) is 1. The number of hydrogen-bond donors (Lipinski definition) is 1. The fraction of sp³-hybridized carbons (Fsp3) is 0.588. The molecule has 0 heterocycles. The molecule has 0 aliphatic carbocycles. The predicted octanol–water partition coefficient (Wildman–Crippen LogP) is 3.13. The minimum Gasteiger partial charge on any atom is -0.383 e. The number of carbonyl (C=O) groups is 1. The molecule has 0 fully saturated rings. The highest BCUT2D eigenvalue weighted by Crippen LogP contribution is 2.17. The van der Waals surface area contributed by atoms with E-state index in [0.717, 1.165) is 18.2 Å². The zero-order valence-corrected chi connectivity index (χ0v) is 16.1. The first-order chi connectivity index (χ1) is 10.9. The molecule has 1 aromatic rings. The SMILES string of the molecule is CCC(C)N(Cc1ccc(OS(C)(=O)=O)cc1)C(=O)NC(C)(C)C. The van der Waals surface area contributed by atoms with Gasteiger partial charge in [0.15, 0.2) is 0 Å². The first-order valence-corrected chi connectivity index (χ1v) is 9.80. The third kappa shape index (κ3) is 7.21. The van der Waals surface area contributed by atoms with Crippen molar-refractivity contribution in [3.8, 4) is 5.75 Å². The van der Waals surface area contributed by atoms with E-state index in [4.69, 9.17) is 4.18 Å². The van der Waals surface area contributed by atoms with Gasteiger partial charge in [-0.2, -0.15) is 8.42 Å². The Labute approximate surface area is 145 Å². The van der Waals surface area contributed by atoms with Gasteiger partial charge in [-0.15, -0.1) is 0 Å². The normalized spacial score (nSPS) is 13.2. The summed E-state index contributed by atoms with van der Waals surface area (Å²) in [6, 6.07) is 6.67. The lowest BCUT2D eigenvalue weighted by molar-refractivity contribution is 0.165. The van der Waals surface area contributed by atoms with Crippen LogP contribution in [0.3, 0.4) is 0 Å². The molecule has 24 heavy (non-hydrogen) atoms. The molecular formula is C17H28N2O4S. The molecule has 0 bridgehead atoms. The van der Waals surface area contributed by atoms with Gasteiger partial charge in [-0.3, -0.25) is 0 Å². The minimum atomic E-state index is -3.54. The number of benzene rings is 1. The molecule has 1 aromatic carbocycles. The van der Waals surface area contributed by atoms with Gasteiger partial charge >= 0.3 is 16.1 Å². The van der Waals surface area contributed by atoms with Crippen LogP contribution >= 0.6 is 0 Å². The maximum atomic E-state index is 12.5. The van der Waals surface area contributed by atoms with E-state index >= 15 is 0 Å². The second-order valence-electron chi connectivity index (χ2n) is 7.00. The van der Waals surface area contributed by atoms with E-state index in [0.29, 0.717) is 6.54 Å². The Morgan fingerprint density at radius 1 is 1.25 bits per heavy atom. The number of carbonyl (C=O) groups excluding carboxylic acids is 1. The largest absolute Gasteiger partial charge is 0.383 e. The maximum absolute atomic E-state index is 12.5. The van der Waals surface area contributed by atoms with Crippen LogP contribution in [0.4, 0.5) is 4.79 Å². The van der Waals surface area contributed by atoms with Crippen LogP contribution < -0.4 is 9.50 Å². The Morgan fingerprint density at radius 3 is 2.21 bits per heavy atom. The summed E-state index contributed by atoms with van der Waals surface area (Å²) in [7, 11) is -3.54. The second-order valence-corrected chi connectivity index (χ2v) is 8.57. The highest BCUT2D eigenvalue weighted by Gasteiger charge is 2.23. The van der Waals surface area contributed by atoms with Crippen molar-refractivity contribution in [1.29, 1.82) is 0 Å². The molecule has 136 valence electrons. The molecule has 1 N–H and O–H groups in total. The highest BCUT2D eigenvalue weighted by atomic mass is 32.2. The van der Waals surface area contributed by atoms with Crippen molar-refractivity contribution in [2.75, 3.05) is 6.26 Å². The van der Waals surface area contributed by atoms with Crippen molar-refractivity contribution in [3.05, 3.63) is 29.8 Å². The summed E-state index contributed by atoms with van der Waals surface area (Å²) in [6.45, 7) is 10.3. The van der Waals surface area contributed by atoms with E-state index in [2.05, 4.69) is 5.32 Å². The lowest BCUT2D eigenvalue weighted by atomic mass is 10.1. The van der Waals surface area contributed by atoms with Gasteiger partial charge in [-0.1, -0.05) is 19.1 Å². The summed E-state index contributed by atoms with van der Waals surface area (Å²) < 4.78 is 27.1. The quantitative estimate of drug-likeness (QED) is 0.795. The van der Waals surface area contributed by atoms with Gasteiger partial charge < -0.3 is 14.4 Å². The lowest BCUT2D eigenvalue weighted by Crippen LogP contribution is -2.50. The summed E-state index contributed by atoms with van der Waals surface area (Å²) in [5.74, 6) is 0.260. The van der Waals surface area contributed by atoms with Crippen molar-refractivity contribution in [2.24, 2.45) is 0 Å². The molecule has 2 amide bonds. The van der Waals surface area contributed by atoms with Crippen LogP contribution in [-0.4, -0.2) is 37.2 Å². The molecule has 7 heteroatoms. The number of amides is 2. The minimum absolute atomic E-state index is 0.0827. The molecular weight excluding hydrogens is 328 g/mol. The number of rotatable bonds is 6. The molecule has 0 aromatic heterocycles. The summed E-state index contributed by atoms with van der Waals surface area (Å²) >= 11 is 0. The second kappa shape index (κ2) is 7.88. The number of urea groups is 1. The van der Waals surface area contributed by atoms with Crippen LogP contribution in [0.2, 0.25) is 0 Å².